The number of likely N-dealkylation sites (tertiary alicyclic amines) is 1. The van der Waals surface area contributed by atoms with Crippen LogP contribution in [0.5, 0.6) is 0 Å². The second kappa shape index (κ2) is 8.50. The fourth-order valence-electron chi connectivity index (χ4n) is 3.40. The van der Waals surface area contributed by atoms with Crippen molar-refractivity contribution < 1.29 is 4.79 Å². The molecule has 3 nitrogen and oxygen atoms in total. The second-order valence-corrected chi connectivity index (χ2v) is 7.22. The molecule has 0 radical (unpaired) electrons. The third kappa shape index (κ3) is 5.07. The van der Waals surface area contributed by atoms with Gasteiger partial charge in [0.25, 0.3) is 0 Å². The molecule has 1 aliphatic heterocycles. The predicted octanol–water partition coefficient (Wildman–Crippen LogP) is 4.14. The highest BCUT2D eigenvalue weighted by atomic mass is 35.5. The molecule has 1 amide bonds. The zero-order valence-corrected chi connectivity index (χ0v) is 15.4. The number of carbonyl (C=O) groups is 1. The van der Waals surface area contributed by atoms with Crippen molar-refractivity contribution >= 4 is 17.5 Å². The Labute approximate surface area is 155 Å². The summed E-state index contributed by atoms with van der Waals surface area (Å²) in [6.45, 7) is 4.94. The molecule has 2 aromatic rings. The molecule has 1 atom stereocenters. The lowest BCUT2D eigenvalue weighted by atomic mass is 10.0. The van der Waals surface area contributed by atoms with Crippen LogP contribution < -0.4 is 5.32 Å². The van der Waals surface area contributed by atoms with Crippen LogP contribution in [0.2, 0.25) is 5.02 Å². The van der Waals surface area contributed by atoms with E-state index in [9.17, 15) is 4.79 Å². The van der Waals surface area contributed by atoms with Gasteiger partial charge in [0.15, 0.2) is 0 Å². The number of nitrogens with one attached hydrogen (secondary N) is 1. The van der Waals surface area contributed by atoms with E-state index in [1.165, 1.54) is 24.0 Å². The molecule has 1 aliphatic rings. The number of hydrogen-bond acceptors (Lipinski definition) is 2. The van der Waals surface area contributed by atoms with E-state index in [2.05, 4.69) is 41.4 Å². The van der Waals surface area contributed by atoms with Crippen LogP contribution in [0.3, 0.4) is 0 Å². The molecule has 0 bridgehead atoms. The summed E-state index contributed by atoms with van der Waals surface area (Å²) in [7, 11) is 0. The van der Waals surface area contributed by atoms with Crippen LogP contribution in [0.4, 0.5) is 0 Å². The Morgan fingerprint density at radius 3 is 2.56 bits per heavy atom. The first-order chi connectivity index (χ1) is 12.1. The van der Waals surface area contributed by atoms with Crippen molar-refractivity contribution in [1.29, 1.82) is 0 Å². The molecule has 1 saturated heterocycles. The Morgan fingerprint density at radius 2 is 1.88 bits per heavy atom. The first-order valence-corrected chi connectivity index (χ1v) is 9.31. The first-order valence-electron chi connectivity index (χ1n) is 8.93. The Hall–Kier alpha value is -1.84. The molecule has 1 fully saturated rings. The molecule has 1 unspecified atom stereocenters. The summed E-state index contributed by atoms with van der Waals surface area (Å²) in [5.41, 5.74) is 3.47. The number of rotatable bonds is 6. The number of amides is 1. The average Bonchev–Trinajstić information content (AvgIpc) is 3.11. The molecule has 3 rings (SSSR count). The third-order valence-electron chi connectivity index (χ3n) is 4.79. The summed E-state index contributed by atoms with van der Waals surface area (Å²) in [6, 6.07) is 16.4. The quantitative estimate of drug-likeness (QED) is 0.843. The Morgan fingerprint density at radius 1 is 1.16 bits per heavy atom. The predicted molar refractivity (Wildman–Crippen MR) is 103 cm³/mol. The second-order valence-electron chi connectivity index (χ2n) is 6.78. The topological polar surface area (TPSA) is 32.3 Å². The lowest BCUT2D eigenvalue weighted by Gasteiger charge is -2.28. The van der Waals surface area contributed by atoms with Gasteiger partial charge in [0.2, 0.25) is 5.91 Å². The van der Waals surface area contributed by atoms with Crippen LogP contribution in [-0.4, -0.2) is 30.4 Å². The summed E-state index contributed by atoms with van der Waals surface area (Å²) in [6.07, 6.45) is 2.83. The summed E-state index contributed by atoms with van der Waals surface area (Å²) < 4.78 is 0. The largest absolute Gasteiger partial charge is 0.354 e. The smallest absolute Gasteiger partial charge is 0.224 e. The van der Waals surface area contributed by atoms with Gasteiger partial charge in [-0.1, -0.05) is 53.6 Å². The van der Waals surface area contributed by atoms with Gasteiger partial charge in [-0.3, -0.25) is 9.69 Å². The molecule has 0 spiro atoms. The molecule has 0 aliphatic carbocycles. The van der Waals surface area contributed by atoms with Gasteiger partial charge in [-0.15, -0.1) is 0 Å². The maximum atomic E-state index is 12.4. The van der Waals surface area contributed by atoms with E-state index in [1.807, 2.05) is 24.3 Å². The molecule has 4 heteroatoms. The zero-order valence-electron chi connectivity index (χ0n) is 14.7. The molecule has 1 N–H and O–H groups in total. The van der Waals surface area contributed by atoms with Crippen LogP contribution in [0.1, 0.15) is 35.6 Å². The van der Waals surface area contributed by atoms with Gasteiger partial charge < -0.3 is 5.32 Å². The van der Waals surface area contributed by atoms with Crippen LogP contribution in [0, 0.1) is 6.92 Å². The number of aryl methyl sites for hydroxylation is 1. The summed E-state index contributed by atoms with van der Waals surface area (Å²) in [4.78, 5) is 14.8. The normalized spacial score (nSPS) is 15.9. The van der Waals surface area contributed by atoms with E-state index in [0.717, 1.165) is 18.7 Å². The van der Waals surface area contributed by atoms with E-state index in [-0.39, 0.29) is 11.9 Å². The van der Waals surface area contributed by atoms with Crippen molar-refractivity contribution in [1.82, 2.24) is 10.2 Å². The molecule has 0 saturated carbocycles. The zero-order chi connectivity index (χ0) is 17.6. The minimum absolute atomic E-state index is 0.0403. The van der Waals surface area contributed by atoms with Crippen molar-refractivity contribution in [3.63, 3.8) is 0 Å². The van der Waals surface area contributed by atoms with Gasteiger partial charge in [-0.25, -0.2) is 0 Å². The van der Waals surface area contributed by atoms with E-state index in [1.54, 1.807) is 0 Å². The number of hydrogen-bond donors (Lipinski definition) is 1. The van der Waals surface area contributed by atoms with Gasteiger partial charge in [0.05, 0.1) is 12.5 Å². The summed E-state index contributed by atoms with van der Waals surface area (Å²) in [5, 5.41) is 3.78. The van der Waals surface area contributed by atoms with Crippen LogP contribution >= 0.6 is 11.6 Å². The molecule has 0 aromatic heterocycles. The standard InChI is InChI=1S/C21H25ClN2O/c1-16-7-9-18(10-8-16)20(24-11-2-3-12-24)15-23-21(25)14-17-5-4-6-19(22)13-17/h4-10,13,20H,2-3,11-12,14-15H2,1H3,(H,23,25). The molecular formula is C21H25ClN2O. The third-order valence-corrected chi connectivity index (χ3v) is 5.02. The highest BCUT2D eigenvalue weighted by molar-refractivity contribution is 6.30. The van der Waals surface area contributed by atoms with E-state index >= 15 is 0 Å². The Balaban J connectivity index is 1.63. The van der Waals surface area contributed by atoms with E-state index in [0.29, 0.717) is 18.0 Å². The van der Waals surface area contributed by atoms with Crippen molar-refractivity contribution in [2.45, 2.75) is 32.2 Å². The van der Waals surface area contributed by atoms with Crippen LogP contribution in [-0.2, 0) is 11.2 Å². The molecule has 25 heavy (non-hydrogen) atoms. The van der Waals surface area contributed by atoms with Crippen molar-refractivity contribution in [2.75, 3.05) is 19.6 Å². The molecule has 1 heterocycles. The minimum atomic E-state index is 0.0403. The fraction of sp³-hybridized carbons (Fsp3) is 0.381. The number of nitrogens with zero attached hydrogens (tertiary/aromatic N) is 1. The SMILES string of the molecule is Cc1ccc(C(CNC(=O)Cc2cccc(Cl)c2)N2CCCC2)cc1. The van der Waals surface area contributed by atoms with Crippen molar-refractivity contribution in [2.24, 2.45) is 0 Å². The van der Waals surface area contributed by atoms with Gasteiger partial charge in [0.1, 0.15) is 0 Å². The van der Waals surface area contributed by atoms with Gasteiger partial charge in [0, 0.05) is 11.6 Å². The highest BCUT2D eigenvalue weighted by Crippen LogP contribution is 2.25. The maximum absolute atomic E-state index is 12.4. The molecule has 2 aromatic carbocycles. The fourth-order valence-corrected chi connectivity index (χ4v) is 3.62. The minimum Gasteiger partial charge on any atom is -0.354 e. The lowest BCUT2D eigenvalue weighted by Crippen LogP contribution is -2.37. The van der Waals surface area contributed by atoms with Crippen molar-refractivity contribution in [3.05, 3.63) is 70.2 Å². The molecule has 132 valence electrons. The van der Waals surface area contributed by atoms with Crippen LogP contribution in [0.25, 0.3) is 0 Å². The number of carbonyl (C=O) groups excluding carboxylic acids is 1. The van der Waals surface area contributed by atoms with Crippen molar-refractivity contribution in [3.8, 4) is 0 Å². The van der Waals surface area contributed by atoms with Gasteiger partial charge in [-0.2, -0.15) is 0 Å². The van der Waals surface area contributed by atoms with E-state index < -0.39 is 0 Å². The number of halogens is 1. The summed E-state index contributed by atoms with van der Waals surface area (Å²) in [5.74, 6) is 0.0403. The monoisotopic (exact) mass is 356 g/mol. The van der Waals surface area contributed by atoms with Gasteiger partial charge in [-0.05, 0) is 56.1 Å². The Bertz CT molecular complexity index is 708. The highest BCUT2D eigenvalue weighted by Gasteiger charge is 2.23. The first kappa shape index (κ1) is 18.0. The van der Waals surface area contributed by atoms with Crippen LogP contribution in [0.15, 0.2) is 48.5 Å². The maximum Gasteiger partial charge on any atom is 0.224 e. The Kier molecular flexibility index (Phi) is 6.11. The van der Waals surface area contributed by atoms with Gasteiger partial charge >= 0.3 is 0 Å². The lowest BCUT2D eigenvalue weighted by molar-refractivity contribution is -0.120. The summed E-state index contributed by atoms with van der Waals surface area (Å²) >= 11 is 6.00. The average molecular weight is 357 g/mol. The molecular weight excluding hydrogens is 332 g/mol. The number of benzene rings is 2. The van der Waals surface area contributed by atoms with E-state index in [4.69, 9.17) is 11.6 Å².